The number of hydrogen-bond acceptors (Lipinski definition) is 4. The van der Waals surface area contributed by atoms with E-state index in [2.05, 4.69) is 11.4 Å². The lowest BCUT2D eigenvalue weighted by molar-refractivity contribution is 0.428. The van der Waals surface area contributed by atoms with Gasteiger partial charge < -0.3 is 0 Å². The summed E-state index contributed by atoms with van der Waals surface area (Å²) in [6, 6.07) is 7.99. The number of nitrogens with zero attached hydrogens (tertiary/aromatic N) is 1. The predicted octanol–water partition coefficient (Wildman–Crippen LogP) is 4.06. The molecular weight excluding hydrogens is 353 g/mol. The first-order valence-corrected chi connectivity index (χ1v) is 10.8. The normalized spacial score (nSPS) is 20.3. The SMILES string of the molecule is Cc1cc(F)ccc1S(=O)(=O)N1CCSC(c2cccs2)CC1. The first-order chi connectivity index (χ1) is 11.0. The van der Waals surface area contributed by atoms with E-state index in [1.54, 1.807) is 18.3 Å². The van der Waals surface area contributed by atoms with Crippen LogP contribution < -0.4 is 0 Å². The number of thioether (sulfide) groups is 1. The van der Waals surface area contributed by atoms with E-state index in [0.717, 1.165) is 12.2 Å². The van der Waals surface area contributed by atoms with Crippen molar-refractivity contribution in [2.75, 3.05) is 18.8 Å². The van der Waals surface area contributed by atoms with Crippen molar-refractivity contribution in [2.45, 2.75) is 23.5 Å². The highest BCUT2D eigenvalue weighted by Gasteiger charge is 2.29. The minimum absolute atomic E-state index is 0.207. The van der Waals surface area contributed by atoms with Gasteiger partial charge >= 0.3 is 0 Å². The van der Waals surface area contributed by atoms with Crippen LogP contribution >= 0.6 is 23.1 Å². The number of halogens is 1. The van der Waals surface area contributed by atoms with Crippen LogP contribution in [0.25, 0.3) is 0 Å². The molecule has 23 heavy (non-hydrogen) atoms. The summed E-state index contributed by atoms with van der Waals surface area (Å²) in [6.45, 7) is 2.62. The van der Waals surface area contributed by atoms with E-state index < -0.39 is 15.8 Å². The number of thiophene rings is 1. The van der Waals surface area contributed by atoms with Crippen LogP contribution in [-0.4, -0.2) is 31.6 Å². The Balaban J connectivity index is 1.81. The Bertz CT molecular complexity index is 775. The smallest absolute Gasteiger partial charge is 0.207 e. The van der Waals surface area contributed by atoms with Gasteiger partial charge in [-0.1, -0.05) is 6.07 Å². The highest BCUT2D eigenvalue weighted by molar-refractivity contribution is 7.99. The number of hydrogen-bond donors (Lipinski definition) is 0. The standard InChI is InChI=1S/C16H18FNO2S3/c1-12-11-13(17)4-5-16(12)23(19,20)18-7-6-15(22-10-8-18)14-3-2-9-21-14/h2-5,9,11,15H,6-8,10H2,1H3. The van der Waals surface area contributed by atoms with Crippen molar-refractivity contribution in [1.29, 1.82) is 0 Å². The largest absolute Gasteiger partial charge is 0.243 e. The summed E-state index contributed by atoms with van der Waals surface area (Å²) in [7, 11) is -3.57. The summed E-state index contributed by atoms with van der Waals surface area (Å²) in [4.78, 5) is 1.51. The maximum absolute atomic E-state index is 13.2. The number of aryl methyl sites for hydroxylation is 1. The molecule has 7 heteroatoms. The van der Waals surface area contributed by atoms with Gasteiger partial charge in [0.2, 0.25) is 10.0 Å². The minimum atomic E-state index is -3.57. The van der Waals surface area contributed by atoms with Gasteiger partial charge in [-0.2, -0.15) is 16.1 Å². The fourth-order valence-electron chi connectivity index (χ4n) is 2.73. The fraction of sp³-hybridized carbons (Fsp3) is 0.375. The van der Waals surface area contributed by atoms with Gasteiger partial charge in [0.25, 0.3) is 0 Å². The molecule has 3 nitrogen and oxygen atoms in total. The summed E-state index contributed by atoms with van der Waals surface area (Å²) in [5, 5.41) is 2.40. The molecule has 1 fully saturated rings. The number of sulfonamides is 1. The van der Waals surface area contributed by atoms with Gasteiger partial charge in [-0.25, -0.2) is 12.8 Å². The Morgan fingerprint density at radius 2 is 2.09 bits per heavy atom. The van der Waals surface area contributed by atoms with E-state index in [1.807, 2.05) is 17.8 Å². The topological polar surface area (TPSA) is 37.4 Å². The molecule has 1 aromatic carbocycles. The molecule has 0 N–H and O–H groups in total. The molecular formula is C16H18FNO2S3. The Labute approximate surface area is 144 Å². The maximum atomic E-state index is 13.2. The van der Waals surface area contributed by atoms with E-state index in [9.17, 15) is 12.8 Å². The monoisotopic (exact) mass is 371 g/mol. The molecule has 1 saturated heterocycles. The molecule has 3 rings (SSSR count). The van der Waals surface area contributed by atoms with Crippen molar-refractivity contribution < 1.29 is 12.8 Å². The fourth-order valence-corrected chi connectivity index (χ4v) is 6.75. The summed E-state index contributed by atoms with van der Waals surface area (Å²) < 4.78 is 40.5. The van der Waals surface area contributed by atoms with E-state index in [1.165, 1.54) is 27.4 Å². The third-order valence-electron chi connectivity index (χ3n) is 3.92. The molecule has 1 atom stereocenters. The average molecular weight is 372 g/mol. The highest BCUT2D eigenvalue weighted by atomic mass is 32.2. The molecule has 1 aliphatic rings. The molecule has 1 unspecified atom stereocenters. The van der Waals surface area contributed by atoms with E-state index >= 15 is 0 Å². The van der Waals surface area contributed by atoms with Crippen molar-refractivity contribution in [3.05, 3.63) is 52.0 Å². The lowest BCUT2D eigenvalue weighted by atomic mass is 10.2. The van der Waals surface area contributed by atoms with Crippen molar-refractivity contribution in [3.63, 3.8) is 0 Å². The second kappa shape index (κ2) is 6.93. The molecule has 0 aliphatic carbocycles. The minimum Gasteiger partial charge on any atom is -0.207 e. The lowest BCUT2D eigenvalue weighted by Crippen LogP contribution is -2.33. The average Bonchev–Trinajstić information content (AvgIpc) is 2.91. The quantitative estimate of drug-likeness (QED) is 0.816. The van der Waals surface area contributed by atoms with Crippen LogP contribution in [-0.2, 0) is 10.0 Å². The van der Waals surface area contributed by atoms with Gasteiger partial charge in [0.1, 0.15) is 5.82 Å². The van der Waals surface area contributed by atoms with Crippen LogP contribution in [0, 0.1) is 12.7 Å². The molecule has 2 aromatic rings. The lowest BCUT2D eigenvalue weighted by Gasteiger charge is -2.21. The summed E-state index contributed by atoms with van der Waals surface area (Å²) in [5.74, 6) is 0.354. The van der Waals surface area contributed by atoms with Crippen LogP contribution in [0.2, 0.25) is 0 Å². The number of rotatable bonds is 3. The van der Waals surface area contributed by atoms with Crippen LogP contribution in [0.4, 0.5) is 4.39 Å². The predicted molar refractivity (Wildman–Crippen MR) is 94.0 cm³/mol. The molecule has 1 aromatic heterocycles. The second-order valence-electron chi connectivity index (χ2n) is 5.48. The molecule has 1 aliphatic heterocycles. The molecule has 0 bridgehead atoms. The second-order valence-corrected chi connectivity index (χ2v) is 9.67. The van der Waals surface area contributed by atoms with Crippen molar-refractivity contribution in [2.24, 2.45) is 0 Å². The zero-order valence-corrected chi connectivity index (χ0v) is 15.2. The Morgan fingerprint density at radius 1 is 1.26 bits per heavy atom. The molecule has 0 spiro atoms. The number of benzene rings is 1. The van der Waals surface area contributed by atoms with E-state index in [-0.39, 0.29) is 4.90 Å². The van der Waals surface area contributed by atoms with Crippen LogP contribution in [0.15, 0.2) is 40.6 Å². The Hall–Kier alpha value is -0.890. The Morgan fingerprint density at radius 3 is 2.78 bits per heavy atom. The third kappa shape index (κ3) is 3.63. The van der Waals surface area contributed by atoms with Crippen LogP contribution in [0.3, 0.4) is 0 Å². The van der Waals surface area contributed by atoms with Crippen LogP contribution in [0.1, 0.15) is 22.1 Å². The first-order valence-electron chi connectivity index (χ1n) is 7.40. The van der Waals surface area contributed by atoms with E-state index in [4.69, 9.17) is 0 Å². The van der Waals surface area contributed by atoms with Gasteiger partial charge in [0.15, 0.2) is 0 Å². The van der Waals surface area contributed by atoms with Crippen LogP contribution in [0.5, 0.6) is 0 Å². The summed E-state index contributed by atoms with van der Waals surface area (Å²) in [6.07, 6.45) is 0.796. The van der Waals surface area contributed by atoms with Gasteiger partial charge in [-0.05, 0) is 48.6 Å². The van der Waals surface area contributed by atoms with Crippen molar-refractivity contribution >= 4 is 33.1 Å². The zero-order chi connectivity index (χ0) is 16.4. The van der Waals surface area contributed by atoms with Gasteiger partial charge in [0.05, 0.1) is 4.90 Å². The molecule has 2 heterocycles. The highest BCUT2D eigenvalue weighted by Crippen LogP contribution is 2.37. The van der Waals surface area contributed by atoms with Gasteiger partial charge in [-0.15, -0.1) is 11.3 Å². The van der Waals surface area contributed by atoms with Gasteiger partial charge in [0, 0.05) is 29.0 Å². The zero-order valence-electron chi connectivity index (χ0n) is 12.7. The Kier molecular flexibility index (Phi) is 5.10. The maximum Gasteiger partial charge on any atom is 0.243 e. The molecule has 0 amide bonds. The molecule has 0 saturated carbocycles. The summed E-state index contributed by atoms with van der Waals surface area (Å²) >= 11 is 3.53. The van der Waals surface area contributed by atoms with Gasteiger partial charge in [-0.3, -0.25) is 0 Å². The molecule has 0 radical (unpaired) electrons. The van der Waals surface area contributed by atoms with Crippen molar-refractivity contribution in [3.8, 4) is 0 Å². The first kappa shape index (κ1) is 17.0. The summed E-state index contributed by atoms with van der Waals surface area (Å²) in [5.41, 5.74) is 0.455. The van der Waals surface area contributed by atoms with E-state index in [0.29, 0.717) is 23.9 Å². The van der Waals surface area contributed by atoms with Crippen molar-refractivity contribution in [1.82, 2.24) is 4.31 Å². The third-order valence-corrected chi connectivity index (χ3v) is 8.42. The molecule has 124 valence electrons.